The maximum absolute atomic E-state index is 12.9. The van der Waals surface area contributed by atoms with Crippen LogP contribution in [0.3, 0.4) is 0 Å². The van der Waals surface area contributed by atoms with E-state index >= 15 is 0 Å². The highest BCUT2D eigenvalue weighted by atomic mass is 19.4. The molecule has 1 aliphatic heterocycles. The quantitative estimate of drug-likeness (QED) is 0.805. The van der Waals surface area contributed by atoms with Crippen LogP contribution < -0.4 is 16.0 Å². The van der Waals surface area contributed by atoms with E-state index in [1.807, 2.05) is 0 Å². The first-order chi connectivity index (χ1) is 8.52. The van der Waals surface area contributed by atoms with Crippen molar-refractivity contribution in [3.63, 3.8) is 0 Å². The van der Waals surface area contributed by atoms with Crippen LogP contribution in [0.5, 0.6) is 0 Å². The van der Waals surface area contributed by atoms with Gasteiger partial charge in [-0.15, -0.1) is 0 Å². The summed E-state index contributed by atoms with van der Waals surface area (Å²) in [5.41, 5.74) is 4.13. The molecule has 1 aliphatic rings. The Morgan fingerprint density at radius 1 is 1.50 bits per heavy atom. The molecule has 0 spiro atoms. The van der Waals surface area contributed by atoms with E-state index in [0.717, 1.165) is 11.2 Å². The van der Waals surface area contributed by atoms with E-state index in [4.69, 9.17) is 0 Å². The Labute approximate surface area is 100 Å². The normalized spacial score (nSPS) is 15.2. The summed E-state index contributed by atoms with van der Waals surface area (Å²) in [6.07, 6.45) is -1.86. The van der Waals surface area contributed by atoms with Crippen molar-refractivity contribution < 1.29 is 18.0 Å². The van der Waals surface area contributed by atoms with Crippen LogP contribution in [0.1, 0.15) is 5.56 Å². The predicted molar refractivity (Wildman–Crippen MR) is 58.8 cm³/mol. The molecule has 0 saturated heterocycles. The van der Waals surface area contributed by atoms with Gasteiger partial charge in [0.15, 0.2) is 5.82 Å². The number of aromatic nitrogens is 1. The Balaban J connectivity index is 2.41. The first-order valence-electron chi connectivity index (χ1n) is 4.94. The van der Waals surface area contributed by atoms with Crippen LogP contribution in [-0.2, 0) is 11.0 Å². The van der Waals surface area contributed by atoms with Crippen LogP contribution in [0.2, 0.25) is 0 Å². The summed E-state index contributed by atoms with van der Waals surface area (Å²) in [5.74, 6) is -0.307. The number of rotatable bonds is 3. The summed E-state index contributed by atoms with van der Waals surface area (Å²) in [4.78, 5) is 8.28. The monoisotopic (exact) mass is 261 g/mol. The van der Waals surface area contributed by atoms with Crippen molar-refractivity contribution in [2.45, 2.75) is 6.18 Å². The molecule has 18 heavy (non-hydrogen) atoms. The Kier molecular flexibility index (Phi) is 3.34. The molecule has 0 radical (unpaired) electrons. The largest absolute Gasteiger partial charge is 0.420 e. The Morgan fingerprint density at radius 2 is 2.28 bits per heavy atom. The van der Waals surface area contributed by atoms with E-state index in [0.29, 0.717) is 6.54 Å². The van der Waals surface area contributed by atoms with Crippen molar-refractivity contribution >= 4 is 17.7 Å². The van der Waals surface area contributed by atoms with Crippen LogP contribution in [0.25, 0.3) is 0 Å². The molecule has 0 fully saturated rings. The predicted octanol–water partition coefficient (Wildman–Crippen LogP) is 1.38. The molecule has 0 amide bonds. The Bertz CT molecular complexity index is 462. The van der Waals surface area contributed by atoms with Gasteiger partial charge >= 0.3 is 6.18 Å². The lowest BCUT2D eigenvalue weighted by atomic mass is 10.2. The van der Waals surface area contributed by atoms with Gasteiger partial charge in [0.05, 0.1) is 25.5 Å². The van der Waals surface area contributed by atoms with E-state index in [9.17, 15) is 13.2 Å². The molecular weight excluding hydrogens is 251 g/mol. The molecule has 0 aliphatic carbocycles. The zero-order valence-corrected chi connectivity index (χ0v) is 9.32. The molecule has 0 saturated carbocycles. The SMILES string of the molecule is CONc1cnc(N2N=CCN2)c(C(F)(F)F)c1. The van der Waals surface area contributed by atoms with Gasteiger partial charge in [-0.05, 0) is 6.07 Å². The fraction of sp³-hybridized carbons (Fsp3) is 0.333. The topological polar surface area (TPSA) is 61.8 Å². The first-order valence-corrected chi connectivity index (χ1v) is 4.94. The van der Waals surface area contributed by atoms with Crippen molar-refractivity contribution in [2.24, 2.45) is 5.10 Å². The fourth-order valence-electron chi connectivity index (χ4n) is 1.43. The summed E-state index contributed by atoms with van der Waals surface area (Å²) < 4.78 is 38.7. The maximum atomic E-state index is 12.9. The number of hydrazine groups is 1. The molecular formula is C9H10F3N5O. The van der Waals surface area contributed by atoms with Gasteiger partial charge < -0.3 is 0 Å². The second-order valence-corrected chi connectivity index (χ2v) is 3.37. The van der Waals surface area contributed by atoms with Gasteiger partial charge in [0.2, 0.25) is 0 Å². The molecule has 9 heteroatoms. The number of hydrogen-bond donors (Lipinski definition) is 2. The van der Waals surface area contributed by atoms with Gasteiger partial charge in [-0.25, -0.2) is 10.4 Å². The van der Waals surface area contributed by atoms with Gasteiger partial charge in [-0.3, -0.25) is 10.3 Å². The Morgan fingerprint density at radius 3 is 2.83 bits per heavy atom. The minimum absolute atomic E-state index is 0.108. The lowest BCUT2D eigenvalue weighted by Crippen LogP contribution is -2.31. The van der Waals surface area contributed by atoms with Gasteiger partial charge in [0.25, 0.3) is 0 Å². The van der Waals surface area contributed by atoms with Gasteiger partial charge in [-0.2, -0.15) is 23.4 Å². The van der Waals surface area contributed by atoms with Crippen LogP contribution in [0, 0.1) is 0 Å². The van der Waals surface area contributed by atoms with E-state index in [2.05, 4.69) is 25.8 Å². The number of pyridine rings is 1. The highest BCUT2D eigenvalue weighted by Crippen LogP contribution is 2.36. The molecule has 6 nitrogen and oxygen atoms in total. The van der Waals surface area contributed by atoms with Gasteiger partial charge in [0.1, 0.15) is 5.56 Å². The molecule has 2 N–H and O–H groups in total. The lowest BCUT2D eigenvalue weighted by Gasteiger charge is -2.19. The van der Waals surface area contributed by atoms with E-state index in [-0.39, 0.29) is 11.5 Å². The molecule has 0 aromatic carbocycles. The minimum atomic E-state index is -4.53. The van der Waals surface area contributed by atoms with Crippen LogP contribution in [-0.4, -0.2) is 24.9 Å². The highest BCUT2D eigenvalue weighted by Gasteiger charge is 2.37. The van der Waals surface area contributed by atoms with E-state index in [1.165, 1.54) is 19.5 Å². The third kappa shape index (κ3) is 2.51. The number of hydrazone groups is 1. The molecule has 0 bridgehead atoms. The van der Waals surface area contributed by atoms with Crippen LogP contribution >= 0.6 is 0 Å². The van der Waals surface area contributed by atoms with Crippen molar-refractivity contribution in [1.82, 2.24) is 10.4 Å². The highest BCUT2D eigenvalue weighted by molar-refractivity contribution is 5.66. The zero-order valence-electron chi connectivity index (χ0n) is 9.32. The molecule has 2 rings (SSSR count). The number of alkyl halides is 3. The van der Waals surface area contributed by atoms with E-state index < -0.39 is 11.7 Å². The van der Waals surface area contributed by atoms with Gasteiger partial charge in [-0.1, -0.05) is 0 Å². The van der Waals surface area contributed by atoms with Crippen molar-refractivity contribution in [3.8, 4) is 0 Å². The second-order valence-electron chi connectivity index (χ2n) is 3.37. The molecule has 0 atom stereocenters. The summed E-state index contributed by atoms with van der Waals surface area (Å²) in [5, 5.41) is 4.72. The van der Waals surface area contributed by atoms with Crippen molar-refractivity contribution in [3.05, 3.63) is 17.8 Å². The van der Waals surface area contributed by atoms with Crippen LogP contribution in [0.4, 0.5) is 24.7 Å². The average Bonchev–Trinajstić information content (AvgIpc) is 2.81. The van der Waals surface area contributed by atoms with Crippen molar-refractivity contribution in [2.75, 3.05) is 24.3 Å². The third-order valence-corrected chi connectivity index (χ3v) is 2.12. The van der Waals surface area contributed by atoms with Crippen LogP contribution in [0.15, 0.2) is 17.4 Å². The smallest absolute Gasteiger partial charge is 0.279 e. The number of halogens is 3. The molecule has 1 aromatic heterocycles. The lowest BCUT2D eigenvalue weighted by molar-refractivity contribution is -0.137. The molecule has 1 aromatic rings. The van der Waals surface area contributed by atoms with Crippen molar-refractivity contribution in [1.29, 1.82) is 0 Å². The standard InChI is InChI=1S/C9H10F3N5O/c1-18-16-6-4-7(9(10,11)12)8(13-5-6)17-14-2-3-15-17/h2,4-5,15-16H,3H2,1H3. The minimum Gasteiger partial charge on any atom is -0.279 e. The Hall–Kier alpha value is -1.87. The summed E-state index contributed by atoms with van der Waals surface area (Å²) >= 11 is 0. The number of nitrogens with one attached hydrogen (secondary N) is 2. The maximum Gasteiger partial charge on any atom is 0.420 e. The zero-order chi connectivity index (χ0) is 13.2. The molecule has 2 heterocycles. The summed E-state index contributed by atoms with van der Waals surface area (Å²) in [6.45, 7) is 0.358. The number of anilines is 2. The summed E-state index contributed by atoms with van der Waals surface area (Å²) in [6, 6.07) is 0.904. The van der Waals surface area contributed by atoms with E-state index in [1.54, 1.807) is 0 Å². The fourth-order valence-corrected chi connectivity index (χ4v) is 1.43. The van der Waals surface area contributed by atoms with Gasteiger partial charge in [0, 0.05) is 6.21 Å². The first kappa shape index (κ1) is 12.6. The molecule has 0 unspecified atom stereocenters. The number of hydrogen-bond acceptors (Lipinski definition) is 6. The molecule has 98 valence electrons. The number of nitrogens with zero attached hydrogens (tertiary/aromatic N) is 3. The third-order valence-electron chi connectivity index (χ3n) is 2.12. The second kappa shape index (κ2) is 4.78. The summed E-state index contributed by atoms with van der Waals surface area (Å²) in [7, 11) is 1.30. The average molecular weight is 261 g/mol.